The summed E-state index contributed by atoms with van der Waals surface area (Å²) in [5.74, 6) is 0.817. The van der Waals surface area contributed by atoms with Gasteiger partial charge in [-0.2, -0.15) is 0 Å². The standard InChI is InChI=1S/C16H25NO2/c1-2-14-8-9-17(10-14)11-16(18)13-19-12-15-6-4-3-5-7-15/h3-7,14,16,18H,2,8-13H2,1H3. The van der Waals surface area contributed by atoms with Gasteiger partial charge in [-0.15, -0.1) is 0 Å². The van der Waals surface area contributed by atoms with Crippen molar-refractivity contribution in [2.75, 3.05) is 26.2 Å². The fourth-order valence-corrected chi connectivity index (χ4v) is 2.65. The largest absolute Gasteiger partial charge is 0.389 e. The van der Waals surface area contributed by atoms with E-state index in [0.717, 1.165) is 31.1 Å². The molecule has 1 aromatic rings. The van der Waals surface area contributed by atoms with E-state index in [4.69, 9.17) is 4.74 Å². The van der Waals surface area contributed by atoms with Gasteiger partial charge in [0.15, 0.2) is 0 Å². The average molecular weight is 263 g/mol. The molecule has 1 heterocycles. The van der Waals surface area contributed by atoms with Gasteiger partial charge in [0, 0.05) is 13.1 Å². The van der Waals surface area contributed by atoms with Crippen LogP contribution in [-0.2, 0) is 11.3 Å². The van der Waals surface area contributed by atoms with E-state index >= 15 is 0 Å². The summed E-state index contributed by atoms with van der Waals surface area (Å²) in [6.45, 7) is 6.23. The predicted molar refractivity (Wildman–Crippen MR) is 76.9 cm³/mol. The quantitative estimate of drug-likeness (QED) is 0.819. The van der Waals surface area contributed by atoms with Crippen molar-refractivity contribution in [2.24, 2.45) is 5.92 Å². The number of β-amino-alcohol motifs (C(OH)–C–C–N with tert-alkyl or cyclic N) is 1. The summed E-state index contributed by atoms with van der Waals surface area (Å²) in [5.41, 5.74) is 1.15. The van der Waals surface area contributed by atoms with Crippen molar-refractivity contribution in [1.29, 1.82) is 0 Å². The summed E-state index contributed by atoms with van der Waals surface area (Å²) < 4.78 is 5.57. The summed E-state index contributed by atoms with van der Waals surface area (Å²) in [5, 5.41) is 9.98. The fraction of sp³-hybridized carbons (Fsp3) is 0.625. The smallest absolute Gasteiger partial charge is 0.0900 e. The summed E-state index contributed by atoms with van der Waals surface area (Å²) in [6.07, 6.45) is 2.14. The summed E-state index contributed by atoms with van der Waals surface area (Å²) in [7, 11) is 0. The van der Waals surface area contributed by atoms with Crippen molar-refractivity contribution in [3.8, 4) is 0 Å². The fourth-order valence-electron chi connectivity index (χ4n) is 2.65. The second-order valence-corrected chi connectivity index (χ2v) is 5.48. The van der Waals surface area contributed by atoms with Gasteiger partial charge in [-0.1, -0.05) is 43.7 Å². The summed E-state index contributed by atoms with van der Waals surface area (Å²) >= 11 is 0. The van der Waals surface area contributed by atoms with Crippen molar-refractivity contribution in [3.63, 3.8) is 0 Å². The van der Waals surface area contributed by atoms with Crippen LogP contribution in [0.15, 0.2) is 30.3 Å². The molecule has 1 aromatic carbocycles. The first-order valence-corrected chi connectivity index (χ1v) is 7.30. The monoisotopic (exact) mass is 263 g/mol. The highest BCUT2D eigenvalue weighted by atomic mass is 16.5. The van der Waals surface area contributed by atoms with Gasteiger partial charge in [0.05, 0.1) is 19.3 Å². The molecule has 2 atom stereocenters. The molecular formula is C16H25NO2. The number of likely N-dealkylation sites (tertiary alicyclic amines) is 1. The molecule has 0 amide bonds. The van der Waals surface area contributed by atoms with Crippen LogP contribution < -0.4 is 0 Å². The molecule has 106 valence electrons. The lowest BCUT2D eigenvalue weighted by Gasteiger charge is -2.20. The molecule has 0 spiro atoms. The molecule has 3 nitrogen and oxygen atoms in total. The van der Waals surface area contributed by atoms with E-state index in [1.165, 1.54) is 12.8 Å². The van der Waals surface area contributed by atoms with Gasteiger partial charge in [-0.25, -0.2) is 0 Å². The maximum absolute atomic E-state index is 9.98. The van der Waals surface area contributed by atoms with Crippen LogP contribution >= 0.6 is 0 Å². The lowest BCUT2D eigenvalue weighted by molar-refractivity contribution is 0.0129. The second-order valence-electron chi connectivity index (χ2n) is 5.48. The zero-order valence-corrected chi connectivity index (χ0v) is 11.8. The number of hydrogen-bond donors (Lipinski definition) is 1. The van der Waals surface area contributed by atoms with Crippen LogP contribution in [0, 0.1) is 5.92 Å². The molecule has 3 heteroatoms. The molecule has 1 N–H and O–H groups in total. The molecular weight excluding hydrogens is 238 g/mol. The molecule has 2 unspecified atom stereocenters. The van der Waals surface area contributed by atoms with E-state index in [9.17, 15) is 5.11 Å². The molecule has 1 saturated heterocycles. The molecule has 2 rings (SSSR count). The Bertz CT molecular complexity index is 355. The van der Waals surface area contributed by atoms with Gasteiger partial charge < -0.3 is 14.7 Å². The lowest BCUT2D eigenvalue weighted by atomic mass is 10.1. The van der Waals surface area contributed by atoms with Crippen LogP contribution in [-0.4, -0.2) is 42.4 Å². The van der Waals surface area contributed by atoms with Gasteiger partial charge in [0.2, 0.25) is 0 Å². The maximum Gasteiger partial charge on any atom is 0.0900 e. The molecule has 1 aliphatic heterocycles. The number of hydrogen-bond acceptors (Lipinski definition) is 3. The minimum Gasteiger partial charge on any atom is -0.389 e. The predicted octanol–water partition coefficient (Wildman–Crippen LogP) is 2.30. The highest BCUT2D eigenvalue weighted by Gasteiger charge is 2.22. The summed E-state index contributed by atoms with van der Waals surface area (Å²) in [6, 6.07) is 10.1. The minimum atomic E-state index is -0.376. The normalized spacial score (nSPS) is 21.7. The lowest BCUT2D eigenvalue weighted by Crippen LogP contribution is -2.33. The first-order chi connectivity index (χ1) is 9.28. The second kappa shape index (κ2) is 7.63. The Morgan fingerprint density at radius 1 is 1.37 bits per heavy atom. The van der Waals surface area contributed by atoms with E-state index < -0.39 is 0 Å². The van der Waals surface area contributed by atoms with E-state index in [1.807, 2.05) is 30.3 Å². The van der Waals surface area contributed by atoms with Crippen LogP contribution in [0.4, 0.5) is 0 Å². The van der Waals surface area contributed by atoms with Crippen molar-refractivity contribution < 1.29 is 9.84 Å². The number of ether oxygens (including phenoxy) is 1. The molecule has 19 heavy (non-hydrogen) atoms. The van der Waals surface area contributed by atoms with Gasteiger partial charge in [0.25, 0.3) is 0 Å². The van der Waals surface area contributed by atoms with Crippen molar-refractivity contribution in [3.05, 3.63) is 35.9 Å². The van der Waals surface area contributed by atoms with Crippen LogP contribution in [0.1, 0.15) is 25.3 Å². The highest BCUT2D eigenvalue weighted by Crippen LogP contribution is 2.18. The molecule has 0 bridgehead atoms. The third-order valence-corrected chi connectivity index (χ3v) is 3.84. The van der Waals surface area contributed by atoms with Crippen LogP contribution in [0.3, 0.4) is 0 Å². The SMILES string of the molecule is CCC1CCN(CC(O)COCc2ccccc2)C1. The zero-order chi connectivity index (χ0) is 13.5. The molecule has 0 radical (unpaired) electrons. The Kier molecular flexibility index (Phi) is 5.83. The van der Waals surface area contributed by atoms with Crippen LogP contribution in [0.25, 0.3) is 0 Å². The first-order valence-electron chi connectivity index (χ1n) is 7.30. The van der Waals surface area contributed by atoms with Gasteiger partial charge in [0.1, 0.15) is 0 Å². The Morgan fingerprint density at radius 3 is 2.84 bits per heavy atom. The van der Waals surface area contributed by atoms with Crippen LogP contribution in [0.2, 0.25) is 0 Å². The Balaban J connectivity index is 1.61. The molecule has 0 saturated carbocycles. The third-order valence-electron chi connectivity index (χ3n) is 3.84. The van der Waals surface area contributed by atoms with E-state index in [1.54, 1.807) is 0 Å². The van der Waals surface area contributed by atoms with E-state index in [0.29, 0.717) is 13.2 Å². The number of aliphatic hydroxyl groups is 1. The number of nitrogens with zero attached hydrogens (tertiary/aromatic N) is 1. The topological polar surface area (TPSA) is 32.7 Å². The molecule has 0 aromatic heterocycles. The minimum absolute atomic E-state index is 0.376. The van der Waals surface area contributed by atoms with Gasteiger partial charge in [-0.3, -0.25) is 0 Å². The van der Waals surface area contributed by atoms with Gasteiger partial charge in [-0.05, 0) is 24.4 Å². The Morgan fingerprint density at radius 2 is 2.16 bits per heavy atom. The van der Waals surface area contributed by atoms with Crippen molar-refractivity contribution >= 4 is 0 Å². The number of benzene rings is 1. The summed E-state index contributed by atoms with van der Waals surface area (Å²) in [4.78, 5) is 2.35. The highest BCUT2D eigenvalue weighted by molar-refractivity contribution is 5.13. The van der Waals surface area contributed by atoms with Gasteiger partial charge >= 0.3 is 0 Å². The Labute approximate surface area is 116 Å². The van der Waals surface area contributed by atoms with Crippen molar-refractivity contribution in [1.82, 2.24) is 4.90 Å². The number of rotatable bonds is 7. The third kappa shape index (κ3) is 4.94. The Hall–Kier alpha value is -0.900. The zero-order valence-electron chi connectivity index (χ0n) is 11.8. The first kappa shape index (κ1) is 14.5. The van der Waals surface area contributed by atoms with Crippen LogP contribution in [0.5, 0.6) is 0 Å². The molecule has 1 aliphatic rings. The molecule has 1 fully saturated rings. The van der Waals surface area contributed by atoms with Crippen molar-refractivity contribution in [2.45, 2.75) is 32.5 Å². The average Bonchev–Trinajstić information content (AvgIpc) is 2.87. The maximum atomic E-state index is 9.98. The van der Waals surface area contributed by atoms with E-state index in [2.05, 4.69) is 11.8 Å². The number of aliphatic hydroxyl groups excluding tert-OH is 1. The molecule has 0 aliphatic carbocycles. The van der Waals surface area contributed by atoms with E-state index in [-0.39, 0.29) is 6.10 Å².